The fraction of sp³-hybridized carbons (Fsp3) is 0.333. The van der Waals surface area contributed by atoms with E-state index in [0.717, 1.165) is 6.42 Å². The molecule has 0 aliphatic heterocycles. The van der Waals surface area contributed by atoms with Gasteiger partial charge in [0, 0.05) is 0 Å². The second-order valence-corrected chi connectivity index (χ2v) is 2.52. The molecule has 0 aliphatic carbocycles. The van der Waals surface area contributed by atoms with Crippen molar-refractivity contribution < 1.29 is 9.13 Å². The molecule has 3 heteroatoms. The van der Waals surface area contributed by atoms with Crippen molar-refractivity contribution in [2.45, 2.75) is 19.6 Å². The van der Waals surface area contributed by atoms with E-state index < -0.39 is 0 Å². The third kappa shape index (κ3) is 2.51. The van der Waals surface area contributed by atoms with Gasteiger partial charge in [0.05, 0.1) is 0 Å². The normalized spacial score (nSPS) is 12.6. The number of ether oxygens (including phenoxy) is 1. The highest BCUT2D eigenvalue weighted by molar-refractivity contribution is 5.22. The first-order chi connectivity index (χ1) is 5.72. The number of nitrogens with two attached hydrogens (primary N) is 1. The molecule has 0 heterocycles. The number of halogens is 1. The molecule has 0 bridgehead atoms. The predicted octanol–water partition coefficient (Wildman–Crippen LogP) is 1.90. The maximum absolute atomic E-state index is 12.4. The average Bonchev–Trinajstić information content (AvgIpc) is 2.09. The Morgan fingerprint density at radius 1 is 1.42 bits per heavy atom. The number of benzene rings is 1. The minimum Gasteiger partial charge on any atom is -0.476 e. The predicted molar refractivity (Wildman–Crippen MR) is 45.3 cm³/mol. The van der Waals surface area contributed by atoms with Gasteiger partial charge in [-0.25, -0.2) is 4.39 Å². The standard InChI is InChI=1S/C9H12FNO/c1-2-9(11)12-8-5-3-7(10)4-6-8/h3-6,9H,2,11H2,1H3/t9-/m0/s1. The van der Waals surface area contributed by atoms with Crippen LogP contribution in [0.1, 0.15) is 13.3 Å². The first kappa shape index (κ1) is 9.00. The Balaban J connectivity index is 2.58. The van der Waals surface area contributed by atoms with Gasteiger partial charge in [0.2, 0.25) is 0 Å². The quantitative estimate of drug-likeness (QED) is 0.701. The second-order valence-electron chi connectivity index (χ2n) is 2.52. The van der Waals surface area contributed by atoms with Crippen molar-refractivity contribution in [1.29, 1.82) is 0 Å². The van der Waals surface area contributed by atoms with Gasteiger partial charge in [-0.15, -0.1) is 0 Å². The molecule has 1 rings (SSSR count). The third-order valence-electron chi connectivity index (χ3n) is 1.50. The van der Waals surface area contributed by atoms with E-state index in [1.807, 2.05) is 6.92 Å². The van der Waals surface area contributed by atoms with Crippen molar-refractivity contribution in [3.63, 3.8) is 0 Å². The van der Waals surface area contributed by atoms with Crippen molar-refractivity contribution in [3.05, 3.63) is 30.1 Å². The summed E-state index contributed by atoms with van der Waals surface area (Å²) in [6.07, 6.45) is 0.424. The Kier molecular flexibility index (Phi) is 3.05. The lowest BCUT2D eigenvalue weighted by Gasteiger charge is -2.11. The van der Waals surface area contributed by atoms with Crippen molar-refractivity contribution in [1.82, 2.24) is 0 Å². The molecule has 12 heavy (non-hydrogen) atoms. The van der Waals surface area contributed by atoms with Gasteiger partial charge in [-0.3, -0.25) is 5.73 Å². The zero-order valence-electron chi connectivity index (χ0n) is 6.96. The van der Waals surface area contributed by atoms with Gasteiger partial charge in [0.25, 0.3) is 0 Å². The maximum Gasteiger partial charge on any atom is 0.147 e. The van der Waals surface area contributed by atoms with E-state index in [4.69, 9.17) is 10.5 Å². The van der Waals surface area contributed by atoms with E-state index in [1.54, 1.807) is 12.1 Å². The highest BCUT2D eigenvalue weighted by atomic mass is 19.1. The zero-order valence-corrected chi connectivity index (χ0v) is 6.96. The van der Waals surface area contributed by atoms with Crippen LogP contribution in [0.4, 0.5) is 4.39 Å². The summed E-state index contributed by atoms with van der Waals surface area (Å²) >= 11 is 0. The van der Waals surface area contributed by atoms with Crippen molar-refractivity contribution in [2.75, 3.05) is 0 Å². The summed E-state index contributed by atoms with van der Waals surface area (Å²) in [7, 11) is 0. The lowest BCUT2D eigenvalue weighted by Crippen LogP contribution is -2.25. The Bertz CT molecular complexity index is 235. The Labute approximate surface area is 71.1 Å². The molecule has 1 aromatic rings. The summed E-state index contributed by atoms with van der Waals surface area (Å²) in [6.45, 7) is 1.92. The molecular weight excluding hydrogens is 157 g/mol. The van der Waals surface area contributed by atoms with Crippen molar-refractivity contribution in [3.8, 4) is 5.75 Å². The fourth-order valence-electron chi connectivity index (χ4n) is 0.771. The minimum atomic E-state index is -0.310. The minimum absolute atomic E-state index is 0.271. The Hall–Kier alpha value is -1.09. The zero-order chi connectivity index (χ0) is 8.97. The molecule has 0 saturated carbocycles. The van der Waals surface area contributed by atoms with Crippen LogP contribution in [0.2, 0.25) is 0 Å². The molecule has 0 radical (unpaired) electrons. The second kappa shape index (κ2) is 4.07. The molecular formula is C9H12FNO. The summed E-state index contributed by atoms with van der Waals surface area (Å²) < 4.78 is 17.6. The molecule has 0 aromatic heterocycles. The molecule has 0 spiro atoms. The van der Waals surface area contributed by atoms with Crippen LogP contribution < -0.4 is 10.5 Å². The van der Waals surface area contributed by atoms with Crippen molar-refractivity contribution in [2.24, 2.45) is 5.73 Å². The van der Waals surface area contributed by atoms with E-state index in [0.29, 0.717) is 5.75 Å². The van der Waals surface area contributed by atoms with E-state index in [-0.39, 0.29) is 12.0 Å². The first-order valence-electron chi connectivity index (χ1n) is 3.90. The van der Waals surface area contributed by atoms with Crippen LogP contribution in [-0.4, -0.2) is 6.23 Å². The van der Waals surface area contributed by atoms with Crippen LogP contribution in [0.15, 0.2) is 24.3 Å². The summed E-state index contributed by atoms with van der Waals surface area (Å²) in [5.74, 6) is 0.332. The maximum atomic E-state index is 12.4. The van der Waals surface area contributed by atoms with E-state index in [9.17, 15) is 4.39 Å². The van der Waals surface area contributed by atoms with Gasteiger partial charge in [0.1, 0.15) is 17.8 Å². The molecule has 2 N–H and O–H groups in total. The molecule has 0 saturated heterocycles. The summed E-state index contributed by atoms with van der Waals surface area (Å²) in [4.78, 5) is 0. The van der Waals surface area contributed by atoms with Crippen LogP contribution in [0.25, 0.3) is 0 Å². The first-order valence-corrected chi connectivity index (χ1v) is 3.90. The van der Waals surface area contributed by atoms with E-state index in [1.165, 1.54) is 12.1 Å². The summed E-state index contributed by atoms with van der Waals surface area (Å²) in [5.41, 5.74) is 5.53. The van der Waals surface area contributed by atoms with Gasteiger partial charge in [0.15, 0.2) is 0 Å². The van der Waals surface area contributed by atoms with E-state index in [2.05, 4.69) is 0 Å². The monoisotopic (exact) mass is 169 g/mol. The van der Waals surface area contributed by atoms with Gasteiger partial charge in [-0.05, 0) is 30.7 Å². The van der Waals surface area contributed by atoms with Crippen LogP contribution in [-0.2, 0) is 0 Å². The molecule has 66 valence electrons. The van der Waals surface area contributed by atoms with Crippen LogP contribution in [0, 0.1) is 5.82 Å². The topological polar surface area (TPSA) is 35.2 Å². The smallest absolute Gasteiger partial charge is 0.147 e. The molecule has 1 aromatic carbocycles. The molecule has 1 atom stereocenters. The lowest BCUT2D eigenvalue weighted by molar-refractivity contribution is 0.205. The van der Waals surface area contributed by atoms with Gasteiger partial charge < -0.3 is 4.74 Å². The number of hydrogen-bond acceptors (Lipinski definition) is 2. The van der Waals surface area contributed by atoms with Crippen LogP contribution >= 0.6 is 0 Å². The SMILES string of the molecule is CC[C@@H](N)Oc1ccc(F)cc1. The molecule has 0 aliphatic rings. The summed E-state index contributed by atoms with van der Waals surface area (Å²) in [6, 6.07) is 5.81. The fourth-order valence-corrected chi connectivity index (χ4v) is 0.771. The summed E-state index contributed by atoms with van der Waals surface area (Å²) in [5, 5.41) is 0. The molecule has 2 nitrogen and oxygen atoms in total. The molecule has 0 fully saturated rings. The lowest BCUT2D eigenvalue weighted by atomic mass is 10.3. The van der Waals surface area contributed by atoms with Gasteiger partial charge in [-0.2, -0.15) is 0 Å². The molecule has 0 unspecified atom stereocenters. The number of hydrogen-bond donors (Lipinski definition) is 1. The average molecular weight is 169 g/mol. The van der Waals surface area contributed by atoms with Gasteiger partial charge in [-0.1, -0.05) is 6.92 Å². The van der Waals surface area contributed by atoms with Crippen LogP contribution in [0.5, 0.6) is 5.75 Å². The van der Waals surface area contributed by atoms with Crippen LogP contribution in [0.3, 0.4) is 0 Å². The highest BCUT2D eigenvalue weighted by Crippen LogP contribution is 2.12. The Morgan fingerprint density at radius 2 is 2.00 bits per heavy atom. The largest absolute Gasteiger partial charge is 0.476 e. The highest BCUT2D eigenvalue weighted by Gasteiger charge is 2.00. The van der Waals surface area contributed by atoms with Crippen molar-refractivity contribution >= 4 is 0 Å². The number of rotatable bonds is 3. The Morgan fingerprint density at radius 3 is 2.50 bits per heavy atom. The molecule has 0 amide bonds. The third-order valence-corrected chi connectivity index (χ3v) is 1.50. The van der Waals surface area contributed by atoms with Gasteiger partial charge >= 0.3 is 0 Å². The van der Waals surface area contributed by atoms with E-state index >= 15 is 0 Å².